The van der Waals surface area contributed by atoms with Gasteiger partial charge in [-0.25, -0.2) is 23.4 Å². The quantitative estimate of drug-likeness (QED) is 0.474. The lowest BCUT2D eigenvalue weighted by Gasteiger charge is -2.28. The first-order chi connectivity index (χ1) is 15.9. The van der Waals surface area contributed by atoms with Crippen LogP contribution in [-0.2, 0) is 16.9 Å². The Balaban J connectivity index is 1.46. The van der Waals surface area contributed by atoms with Crippen molar-refractivity contribution in [2.24, 2.45) is 7.05 Å². The van der Waals surface area contributed by atoms with Gasteiger partial charge in [-0.05, 0) is 23.8 Å². The minimum atomic E-state index is -2.99. The smallest absolute Gasteiger partial charge is 0.227 e. The molecule has 33 heavy (non-hydrogen) atoms. The Kier molecular flexibility index (Phi) is 5.33. The number of aromatic nitrogens is 5. The van der Waals surface area contributed by atoms with E-state index in [4.69, 9.17) is 9.72 Å². The molecule has 0 bridgehead atoms. The number of hydrogen-bond donors (Lipinski definition) is 1. The van der Waals surface area contributed by atoms with Crippen molar-refractivity contribution in [3.8, 4) is 16.9 Å². The van der Waals surface area contributed by atoms with Crippen LogP contribution in [0.3, 0.4) is 0 Å². The van der Waals surface area contributed by atoms with Gasteiger partial charge < -0.3 is 15.0 Å². The summed E-state index contributed by atoms with van der Waals surface area (Å²) in [5, 5.41) is 8.28. The second-order valence-corrected chi connectivity index (χ2v) is 10.2. The molecule has 3 aromatic heterocycles. The van der Waals surface area contributed by atoms with Crippen molar-refractivity contribution in [2.45, 2.75) is 0 Å². The Bertz CT molecular complexity index is 1420. The molecule has 0 atom stereocenters. The first-order valence-corrected chi connectivity index (χ1v) is 12.3. The van der Waals surface area contributed by atoms with Crippen LogP contribution in [0.25, 0.3) is 22.0 Å². The number of aryl methyl sites for hydroxylation is 1. The van der Waals surface area contributed by atoms with Crippen molar-refractivity contribution < 1.29 is 13.2 Å². The lowest BCUT2D eigenvalue weighted by Crippen LogP contribution is -2.40. The fourth-order valence-electron chi connectivity index (χ4n) is 3.82. The van der Waals surface area contributed by atoms with Gasteiger partial charge >= 0.3 is 0 Å². The molecule has 10 nitrogen and oxygen atoms in total. The van der Waals surface area contributed by atoms with Crippen molar-refractivity contribution >= 4 is 38.2 Å². The average Bonchev–Trinajstić information content (AvgIpc) is 3.25. The molecule has 170 valence electrons. The summed E-state index contributed by atoms with van der Waals surface area (Å²) in [6.07, 6.45) is 7.16. The number of sulfone groups is 1. The Hall–Kier alpha value is -3.73. The third kappa shape index (κ3) is 4.31. The third-order valence-electron chi connectivity index (χ3n) is 5.61. The normalized spacial score (nSPS) is 15.5. The van der Waals surface area contributed by atoms with E-state index in [-0.39, 0.29) is 11.5 Å². The lowest BCUT2D eigenvalue weighted by atomic mass is 10.1. The maximum absolute atomic E-state index is 11.8. The summed E-state index contributed by atoms with van der Waals surface area (Å²) < 4.78 is 31.0. The van der Waals surface area contributed by atoms with Crippen LogP contribution in [0.5, 0.6) is 5.75 Å². The van der Waals surface area contributed by atoms with Gasteiger partial charge in [0, 0.05) is 49.7 Å². The Morgan fingerprint density at radius 3 is 2.61 bits per heavy atom. The molecular weight excluding hydrogens is 442 g/mol. The van der Waals surface area contributed by atoms with E-state index in [9.17, 15) is 8.42 Å². The number of hydrogen-bond acceptors (Lipinski definition) is 9. The number of nitrogens with one attached hydrogen (secondary N) is 1. The SMILES string of the molecule is COc1cc(-c2cnn(C)c2)ccc1Nc1ncc2ccnc(N3CCS(=O)(=O)CC3)c2n1. The number of methoxy groups -OCH3 is 1. The molecule has 1 fully saturated rings. The van der Waals surface area contributed by atoms with E-state index in [0.29, 0.717) is 36.1 Å². The molecule has 4 heterocycles. The zero-order valence-electron chi connectivity index (χ0n) is 18.3. The predicted molar refractivity (Wildman–Crippen MR) is 127 cm³/mol. The lowest BCUT2D eigenvalue weighted by molar-refractivity contribution is 0.417. The number of ether oxygens (including phenoxy) is 1. The first kappa shape index (κ1) is 21.1. The standard InChI is InChI=1S/C22H23N7O3S/c1-28-14-17(13-25-28)15-3-4-18(19(11-15)32-2)26-22-24-12-16-5-6-23-21(20(16)27-22)29-7-9-33(30,31)10-8-29/h3-6,11-14H,7-10H2,1-2H3,(H,24,26,27). The van der Waals surface area contributed by atoms with Crippen LogP contribution in [0.2, 0.25) is 0 Å². The fraction of sp³-hybridized carbons (Fsp3) is 0.273. The summed E-state index contributed by atoms with van der Waals surface area (Å²) in [5.74, 6) is 1.93. The van der Waals surface area contributed by atoms with Gasteiger partial charge in [0.05, 0.1) is 30.5 Å². The van der Waals surface area contributed by atoms with Gasteiger partial charge in [-0.2, -0.15) is 5.10 Å². The number of rotatable bonds is 5. The van der Waals surface area contributed by atoms with Crippen molar-refractivity contribution in [3.05, 3.63) is 49.1 Å². The summed E-state index contributed by atoms with van der Waals surface area (Å²) in [4.78, 5) is 15.6. The molecule has 1 aliphatic rings. The summed E-state index contributed by atoms with van der Waals surface area (Å²) in [6, 6.07) is 7.66. The van der Waals surface area contributed by atoms with Crippen LogP contribution in [0.15, 0.2) is 49.1 Å². The maximum atomic E-state index is 11.8. The molecule has 0 unspecified atom stereocenters. The van der Waals surface area contributed by atoms with Gasteiger partial charge in [0.2, 0.25) is 5.95 Å². The van der Waals surface area contributed by atoms with E-state index in [0.717, 1.165) is 22.2 Å². The summed E-state index contributed by atoms with van der Waals surface area (Å²) in [5.41, 5.74) is 3.36. The molecule has 1 N–H and O–H groups in total. The zero-order chi connectivity index (χ0) is 23.0. The first-order valence-electron chi connectivity index (χ1n) is 10.4. The van der Waals surface area contributed by atoms with E-state index in [1.54, 1.807) is 30.4 Å². The van der Waals surface area contributed by atoms with Crippen LogP contribution >= 0.6 is 0 Å². The largest absolute Gasteiger partial charge is 0.495 e. The van der Waals surface area contributed by atoms with E-state index in [1.807, 2.05) is 42.4 Å². The van der Waals surface area contributed by atoms with Gasteiger partial charge in [0.15, 0.2) is 15.7 Å². The molecular formula is C22H23N7O3S. The zero-order valence-corrected chi connectivity index (χ0v) is 19.1. The van der Waals surface area contributed by atoms with E-state index in [1.165, 1.54) is 0 Å². The van der Waals surface area contributed by atoms with Gasteiger partial charge in [-0.1, -0.05) is 6.07 Å². The predicted octanol–water partition coefficient (Wildman–Crippen LogP) is 2.41. The van der Waals surface area contributed by atoms with E-state index < -0.39 is 9.84 Å². The molecule has 0 saturated carbocycles. The highest BCUT2D eigenvalue weighted by atomic mass is 32.2. The highest BCUT2D eigenvalue weighted by Gasteiger charge is 2.24. The summed E-state index contributed by atoms with van der Waals surface area (Å²) >= 11 is 0. The third-order valence-corrected chi connectivity index (χ3v) is 7.22. The second kappa shape index (κ2) is 8.32. The van der Waals surface area contributed by atoms with Gasteiger partial charge in [-0.15, -0.1) is 0 Å². The van der Waals surface area contributed by atoms with Crippen molar-refractivity contribution in [1.29, 1.82) is 0 Å². The molecule has 1 saturated heterocycles. The Morgan fingerprint density at radius 1 is 1.06 bits per heavy atom. The minimum Gasteiger partial charge on any atom is -0.495 e. The van der Waals surface area contributed by atoms with Gasteiger partial charge in [-0.3, -0.25) is 4.68 Å². The molecule has 0 radical (unpaired) electrons. The second-order valence-electron chi connectivity index (χ2n) is 7.85. The minimum absolute atomic E-state index is 0.113. The highest BCUT2D eigenvalue weighted by Crippen LogP contribution is 2.32. The van der Waals surface area contributed by atoms with E-state index >= 15 is 0 Å². The van der Waals surface area contributed by atoms with Crippen molar-refractivity contribution in [3.63, 3.8) is 0 Å². The summed E-state index contributed by atoms with van der Waals surface area (Å²) in [6.45, 7) is 0.787. The number of benzene rings is 1. The van der Waals surface area contributed by atoms with Gasteiger partial charge in [0.25, 0.3) is 0 Å². The Labute approximate surface area is 191 Å². The van der Waals surface area contributed by atoms with Crippen LogP contribution in [0.4, 0.5) is 17.5 Å². The van der Waals surface area contributed by atoms with Crippen LogP contribution in [-0.4, -0.2) is 64.9 Å². The van der Waals surface area contributed by atoms with Crippen LogP contribution < -0.4 is 15.0 Å². The van der Waals surface area contributed by atoms with Crippen molar-refractivity contribution in [1.82, 2.24) is 24.7 Å². The van der Waals surface area contributed by atoms with E-state index in [2.05, 4.69) is 20.4 Å². The molecule has 0 aliphatic carbocycles. The molecule has 0 amide bonds. The molecule has 5 rings (SSSR count). The van der Waals surface area contributed by atoms with Crippen LogP contribution in [0, 0.1) is 0 Å². The van der Waals surface area contributed by atoms with Gasteiger partial charge in [0.1, 0.15) is 11.3 Å². The molecule has 1 aromatic carbocycles. The molecule has 11 heteroatoms. The number of anilines is 3. The molecule has 4 aromatic rings. The average molecular weight is 466 g/mol. The van der Waals surface area contributed by atoms with Crippen LogP contribution in [0.1, 0.15) is 0 Å². The summed E-state index contributed by atoms with van der Waals surface area (Å²) in [7, 11) is 0.497. The maximum Gasteiger partial charge on any atom is 0.227 e. The Morgan fingerprint density at radius 2 is 1.88 bits per heavy atom. The monoisotopic (exact) mass is 465 g/mol. The number of nitrogens with zero attached hydrogens (tertiary/aromatic N) is 6. The molecule has 0 spiro atoms. The molecule has 1 aliphatic heterocycles. The fourth-order valence-corrected chi connectivity index (χ4v) is 5.02. The number of pyridine rings is 1. The number of fused-ring (bicyclic) bond motifs is 1. The highest BCUT2D eigenvalue weighted by molar-refractivity contribution is 7.91. The topological polar surface area (TPSA) is 115 Å². The van der Waals surface area contributed by atoms with Crippen molar-refractivity contribution in [2.75, 3.05) is 41.9 Å².